The summed E-state index contributed by atoms with van der Waals surface area (Å²) in [7, 11) is 0. The van der Waals surface area contributed by atoms with Crippen molar-refractivity contribution in [3.05, 3.63) is 32.8 Å². The molecule has 0 saturated heterocycles. The van der Waals surface area contributed by atoms with E-state index in [-0.39, 0.29) is 16.2 Å². The first-order chi connectivity index (χ1) is 8.83. The van der Waals surface area contributed by atoms with Gasteiger partial charge in [0, 0.05) is 23.8 Å². The highest BCUT2D eigenvalue weighted by atomic mass is 35.5. The fraction of sp³-hybridized carbons (Fsp3) is 0.538. The quantitative estimate of drug-likeness (QED) is 0.619. The predicted octanol–water partition coefficient (Wildman–Crippen LogP) is 3.49. The Kier molecular flexibility index (Phi) is 5.14. The number of hydrogen-bond donors (Lipinski definition) is 2. The van der Waals surface area contributed by atoms with Crippen LogP contribution in [-0.4, -0.2) is 17.0 Å². The van der Waals surface area contributed by atoms with E-state index in [2.05, 4.69) is 5.32 Å². The van der Waals surface area contributed by atoms with Gasteiger partial charge in [-0.3, -0.25) is 10.1 Å². The van der Waals surface area contributed by atoms with Gasteiger partial charge < -0.3 is 11.1 Å². The monoisotopic (exact) mass is 285 g/mol. The lowest BCUT2D eigenvalue weighted by Crippen LogP contribution is -2.45. The average molecular weight is 286 g/mol. The molecule has 0 fully saturated rings. The maximum atomic E-state index is 10.8. The van der Waals surface area contributed by atoms with Gasteiger partial charge in [-0.1, -0.05) is 25.4 Å². The van der Waals surface area contributed by atoms with Crippen LogP contribution in [-0.2, 0) is 0 Å². The van der Waals surface area contributed by atoms with Gasteiger partial charge in [0.05, 0.1) is 4.92 Å². The molecule has 0 aliphatic carbocycles. The van der Waals surface area contributed by atoms with E-state index in [4.69, 9.17) is 17.3 Å². The Morgan fingerprint density at radius 1 is 1.42 bits per heavy atom. The van der Waals surface area contributed by atoms with E-state index in [0.717, 1.165) is 24.1 Å². The topological polar surface area (TPSA) is 81.2 Å². The predicted molar refractivity (Wildman–Crippen MR) is 78.8 cm³/mol. The summed E-state index contributed by atoms with van der Waals surface area (Å²) in [5.41, 5.74) is 7.42. The van der Waals surface area contributed by atoms with Crippen LogP contribution in [0.2, 0.25) is 5.02 Å². The van der Waals surface area contributed by atoms with Gasteiger partial charge in [-0.2, -0.15) is 0 Å². The maximum absolute atomic E-state index is 10.8. The summed E-state index contributed by atoms with van der Waals surface area (Å²) in [6, 6.07) is 3.06. The lowest BCUT2D eigenvalue weighted by molar-refractivity contribution is -0.384. The first kappa shape index (κ1) is 15.7. The fourth-order valence-corrected chi connectivity index (χ4v) is 2.00. The molecule has 0 aliphatic heterocycles. The largest absolute Gasteiger partial charge is 0.383 e. The van der Waals surface area contributed by atoms with Crippen molar-refractivity contribution in [3.8, 4) is 0 Å². The second-order valence-electron chi connectivity index (χ2n) is 4.80. The molecule has 1 aromatic rings. The van der Waals surface area contributed by atoms with Crippen molar-refractivity contribution in [1.29, 1.82) is 0 Å². The van der Waals surface area contributed by atoms with Gasteiger partial charge in [-0.25, -0.2) is 0 Å². The Morgan fingerprint density at radius 3 is 2.47 bits per heavy atom. The van der Waals surface area contributed by atoms with Crippen LogP contribution in [0.4, 0.5) is 11.4 Å². The molecule has 1 rings (SSSR count). The minimum absolute atomic E-state index is 0.0743. The lowest BCUT2D eigenvalue weighted by atomic mass is 9.94. The van der Waals surface area contributed by atoms with E-state index in [1.165, 1.54) is 6.07 Å². The number of hydrogen-bond acceptors (Lipinski definition) is 4. The second-order valence-corrected chi connectivity index (χ2v) is 5.21. The molecule has 0 atom stereocenters. The zero-order valence-corrected chi connectivity index (χ0v) is 12.3. The van der Waals surface area contributed by atoms with Gasteiger partial charge in [-0.15, -0.1) is 0 Å². The summed E-state index contributed by atoms with van der Waals surface area (Å²) < 4.78 is 0. The summed E-state index contributed by atoms with van der Waals surface area (Å²) in [6.45, 7) is 6.50. The summed E-state index contributed by atoms with van der Waals surface area (Å²) in [5, 5.41) is 14.1. The number of anilines is 1. The molecule has 3 N–H and O–H groups in total. The van der Waals surface area contributed by atoms with E-state index in [1.807, 2.05) is 20.8 Å². The Balaban J connectivity index is 2.92. The molecule has 0 unspecified atom stereocenters. The number of nitrogens with zero attached hydrogens (tertiary/aromatic N) is 1. The van der Waals surface area contributed by atoms with Gasteiger partial charge in [0.1, 0.15) is 5.02 Å². The summed E-state index contributed by atoms with van der Waals surface area (Å²) in [5.74, 6) is 0. The molecule has 0 radical (unpaired) electrons. The lowest BCUT2D eigenvalue weighted by Gasteiger charge is -2.27. The SMILES string of the molecule is CCC(N)(CC)CNc1cc(Cl)c([N+](=O)[O-])cc1C. The summed E-state index contributed by atoms with van der Waals surface area (Å²) in [4.78, 5) is 10.3. The number of rotatable bonds is 6. The number of nitro benzene ring substituents is 1. The number of nitro groups is 1. The molecule has 19 heavy (non-hydrogen) atoms. The van der Waals surface area contributed by atoms with E-state index >= 15 is 0 Å². The molecule has 0 heterocycles. The van der Waals surface area contributed by atoms with Crippen molar-refractivity contribution >= 4 is 23.0 Å². The molecule has 0 saturated carbocycles. The van der Waals surface area contributed by atoms with E-state index in [1.54, 1.807) is 6.07 Å². The summed E-state index contributed by atoms with van der Waals surface area (Å²) in [6.07, 6.45) is 1.71. The molecular formula is C13H20ClN3O2. The number of halogens is 1. The molecule has 0 aliphatic rings. The fourth-order valence-electron chi connectivity index (χ4n) is 1.77. The number of benzene rings is 1. The molecule has 1 aromatic carbocycles. The second kappa shape index (κ2) is 6.21. The highest BCUT2D eigenvalue weighted by Crippen LogP contribution is 2.30. The third kappa shape index (κ3) is 3.81. The minimum atomic E-state index is -0.482. The van der Waals surface area contributed by atoms with Crippen LogP contribution in [0.25, 0.3) is 0 Å². The van der Waals surface area contributed by atoms with Crippen LogP contribution in [0, 0.1) is 17.0 Å². The van der Waals surface area contributed by atoms with E-state index < -0.39 is 4.92 Å². The van der Waals surface area contributed by atoms with E-state index in [0.29, 0.717) is 6.54 Å². The van der Waals surface area contributed by atoms with Gasteiger partial charge in [0.15, 0.2) is 0 Å². The molecule has 0 amide bonds. The third-order valence-electron chi connectivity index (χ3n) is 3.53. The molecular weight excluding hydrogens is 266 g/mol. The van der Waals surface area contributed by atoms with Crippen molar-refractivity contribution in [3.63, 3.8) is 0 Å². The maximum Gasteiger partial charge on any atom is 0.288 e. The van der Waals surface area contributed by atoms with Gasteiger partial charge in [0.25, 0.3) is 5.69 Å². The molecule has 106 valence electrons. The zero-order valence-electron chi connectivity index (χ0n) is 11.5. The Morgan fingerprint density at radius 2 is 2.00 bits per heavy atom. The molecule has 0 aromatic heterocycles. The van der Waals surface area contributed by atoms with Crippen molar-refractivity contribution in [2.24, 2.45) is 5.73 Å². The van der Waals surface area contributed by atoms with Crippen LogP contribution >= 0.6 is 11.6 Å². The molecule has 0 bridgehead atoms. The standard InChI is InChI=1S/C13H20ClN3O2/c1-4-13(15,5-2)8-16-11-7-10(14)12(17(18)19)6-9(11)3/h6-7,16H,4-5,8,15H2,1-3H3. The highest BCUT2D eigenvalue weighted by molar-refractivity contribution is 6.33. The molecule has 5 nitrogen and oxygen atoms in total. The van der Waals surface area contributed by atoms with Crippen molar-refractivity contribution < 1.29 is 4.92 Å². The van der Waals surface area contributed by atoms with Gasteiger partial charge >= 0.3 is 0 Å². The molecule has 6 heteroatoms. The minimum Gasteiger partial charge on any atom is -0.383 e. The first-order valence-corrected chi connectivity index (χ1v) is 6.68. The summed E-state index contributed by atoms with van der Waals surface area (Å²) >= 11 is 5.90. The van der Waals surface area contributed by atoms with Crippen LogP contribution in [0.3, 0.4) is 0 Å². The van der Waals surface area contributed by atoms with Gasteiger partial charge in [0.2, 0.25) is 0 Å². The average Bonchev–Trinajstić information content (AvgIpc) is 2.38. The van der Waals surface area contributed by atoms with Crippen LogP contribution in [0.15, 0.2) is 12.1 Å². The highest BCUT2D eigenvalue weighted by Gasteiger charge is 2.21. The van der Waals surface area contributed by atoms with Crippen LogP contribution in [0.5, 0.6) is 0 Å². The van der Waals surface area contributed by atoms with Gasteiger partial charge in [-0.05, 0) is 31.4 Å². The normalized spacial score (nSPS) is 11.4. The number of nitrogens with one attached hydrogen (secondary N) is 1. The van der Waals surface area contributed by atoms with Crippen molar-refractivity contribution in [2.45, 2.75) is 39.2 Å². The smallest absolute Gasteiger partial charge is 0.288 e. The number of aryl methyl sites for hydroxylation is 1. The zero-order chi connectivity index (χ0) is 14.6. The van der Waals surface area contributed by atoms with Crippen LogP contribution < -0.4 is 11.1 Å². The van der Waals surface area contributed by atoms with Crippen molar-refractivity contribution in [2.75, 3.05) is 11.9 Å². The van der Waals surface area contributed by atoms with E-state index in [9.17, 15) is 10.1 Å². The Labute approximate surface area is 118 Å². The first-order valence-electron chi connectivity index (χ1n) is 6.30. The third-order valence-corrected chi connectivity index (χ3v) is 3.83. The van der Waals surface area contributed by atoms with Crippen molar-refractivity contribution in [1.82, 2.24) is 0 Å². The Hall–Kier alpha value is -1.33. The van der Waals surface area contributed by atoms with Crippen LogP contribution in [0.1, 0.15) is 32.3 Å². The number of nitrogens with two attached hydrogens (primary N) is 1. The molecule has 0 spiro atoms. The Bertz CT molecular complexity index is 473.